The van der Waals surface area contributed by atoms with E-state index in [0.717, 1.165) is 25.1 Å². The van der Waals surface area contributed by atoms with Crippen LogP contribution in [0.5, 0.6) is 0 Å². The Bertz CT molecular complexity index is 639. The van der Waals surface area contributed by atoms with E-state index in [-0.39, 0.29) is 23.5 Å². The van der Waals surface area contributed by atoms with Gasteiger partial charge in [-0.2, -0.15) is 5.10 Å². The molecular weight excluding hydrogens is 302 g/mol. The van der Waals surface area contributed by atoms with Crippen molar-refractivity contribution in [1.82, 2.24) is 5.32 Å². The molecule has 6 nitrogen and oxygen atoms in total. The Labute approximate surface area is 133 Å². The molecule has 0 aromatic heterocycles. The van der Waals surface area contributed by atoms with Gasteiger partial charge in [0.1, 0.15) is 0 Å². The standard InChI is InChI=1S/C15H18ClN5O/c16-13-5-8(1-2-10(13)9-3-4-19-7-9)14(22)11-6-12(11)15(20-17)21-18/h1-2,5,9,11-12,17,19H,3-4,6-7,18H2/b20-17?,21-15-/t9?,11-,12-/m0/s1. The first-order chi connectivity index (χ1) is 10.7. The van der Waals surface area contributed by atoms with Gasteiger partial charge in [0.2, 0.25) is 0 Å². The van der Waals surface area contributed by atoms with Crippen molar-refractivity contribution in [3.63, 3.8) is 0 Å². The van der Waals surface area contributed by atoms with Gasteiger partial charge in [-0.3, -0.25) is 4.79 Å². The normalized spacial score (nSPS) is 27.7. The smallest absolute Gasteiger partial charge is 0.173 e. The zero-order valence-corrected chi connectivity index (χ0v) is 12.8. The van der Waals surface area contributed by atoms with E-state index in [1.54, 1.807) is 6.07 Å². The zero-order valence-electron chi connectivity index (χ0n) is 12.1. The predicted molar refractivity (Wildman–Crippen MR) is 84.4 cm³/mol. The number of Topliss-reactive ketones (excluding diaryl/α,β-unsaturated/α-hetero) is 1. The molecule has 0 spiro atoms. The van der Waals surface area contributed by atoms with Gasteiger partial charge < -0.3 is 11.2 Å². The molecule has 3 rings (SSSR count). The number of amidine groups is 1. The largest absolute Gasteiger partial charge is 0.321 e. The van der Waals surface area contributed by atoms with Gasteiger partial charge >= 0.3 is 0 Å². The van der Waals surface area contributed by atoms with Crippen molar-refractivity contribution in [1.29, 1.82) is 5.53 Å². The van der Waals surface area contributed by atoms with Crippen LogP contribution in [0, 0.1) is 17.4 Å². The van der Waals surface area contributed by atoms with E-state index in [9.17, 15) is 4.79 Å². The average molecular weight is 320 g/mol. The van der Waals surface area contributed by atoms with Gasteiger partial charge in [-0.1, -0.05) is 23.7 Å². The van der Waals surface area contributed by atoms with Gasteiger partial charge in [-0.25, -0.2) is 5.53 Å². The highest BCUT2D eigenvalue weighted by atomic mass is 35.5. The highest BCUT2D eigenvalue weighted by molar-refractivity contribution is 6.31. The molecule has 7 heteroatoms. The lowest BCUT2D eigenvalue weighted by atomic mass is 9.95. The van der Waals surface area contributed by atoms with E-state index in [1.807, 2.05) is 12.1 Å². The number of nitrogens with two attached hydrogens (primary N) is 1. The van der Waals surface area contributed by atoms with Crippen LogP contribution >= 0.6 is 11.6 Å². The summed E-state index contributed by atoms with van der Waals surface area (Å²) in [5, 5.41) is 10.7. The molecule has 1 aliphatic heterocycles. The molecule has 116 valence electrons. The second-order valence-electron chi connectivity index (χ2n) is 5.84. The molecule has 3 atom stereocenters. The SMILES string of the molecule is N=N/C(=N\N)[C@H]1C[C@@H]1C(=O)c1ccc(C2CCNC2)c(Cl)c1. The summed E-state index contributed by atoms with van der Waals surface area (Å²) in [5.74, 6) is 5.53. The van der Waals surface area contributed by atoms with Crippen LogP contribution in [0.3, 0.4) is 0 Å². The number of nitrogens with zero attached hydrogens (tertiary/aromatic N) is 2. The van der Waals surface area contributed by atoms with E-state index < -0.39 is 0 Å². The molecule has 0 amide bonds. The molecule has 1 aliphatic carbocycles. The Morgan fingerprint density at radius 3 is 2.82 bits per heavy atom. The summed E-state index contributed by atoms with van der Waals surface area (Å²) in [7, 11) is 0. The molecule has 2 fully saturated rings. The number of benzene rings is 1. The maximum atomic E-state index is 12.5. The molecule has 4 N–H and O–H groups in total. The van der Waals surface area contributed by atoms with Gasteiger partial charge in [-0.15, -0.1) is 5.11 Å². The molecule has 1 aromatic carbocycles. The number of hydrogen-bond donors (Lipinski definition) is 3. The molecule has 0 radical (unpaired) electrons. The van der Waals surface area contributed by atoms with Crippen molar-refractivity contribution in [2.24, 2.45) is 27.9 Å². The second kappa shape index (κ2) is 6.14. The van der Waals surface area contributed by atoms with Crippen molar-refractivity contribution in [3.05, 3.63) is 34.3 Å². The lowest BCUT2D eigenvalue weighted by Gasteiger charge is -2.12. The second-order valence-corrected chi connectivity index (χ2v) is 6.25. The Kier molecular flexibility index (Phi) is 4.22. The minimum Gasteiger partial charge on any atom is -0.321 e. The summed E-state index contributed by atoms with van der Waals surface area (Å²) in [5.41, 5.74) is 8.70. The van der Waals surface area contributed by atoms with Crippen LogP contribution in [-0.4, -0.2) is 24.7 Å². The van der Waals surface area contributed by atoms with Crippen LogP contribution < -0.4 is 11.2 Å². The van der Waals surface area contributed by atoms with Crippen molar-refractivity contribution < 1.29 is 4.79 Å². The Hall–Kier alpha value is -1.79. The van der Waals surface area contributed by atoms with Crippen molar-refractivity contribution in [3.8, 4) is 0 Å². The molecule has 1 heterocycles. The van der Waals surface area contributed by atoms with Crippen LogP contribution in [0.2, 0.25) is 5.02 Å². The quantitative estimate of drug-likeness (QED) is 0.198. The van der Waals surface area contributed by atoms with Crippen LogP contribution in [0.4, 0.5) is 0 Å². The fourth-order valence-corrected chi connectivity index (χ4v) is 3.46. The first kappa shape index (κ1) is 15.1. The summed E-state index contributed by atoms with van der Waals surface area (Å²) in [6.45, 7) is 1.93. The van der Waals surface area contributed by atoms with E-state index >= 15 is 0 Å². The summed E-state index contributed by atoms with van der Waals surface area (Å²) in [6, 6.07) is 5.55. The number of hydrazone groups is 1. The number of ketones is 1. The Morgan fingerprint density at radius 1 is 1.41 bits per heavy atom. The molecule has 1 unspecified atom stereocenters. The van der Waals surface area contributed by atoms with Gasteiger partial charge in [0, 0.05) is 29.0 Å². The number of carbonyl (C=O) groups excluding carboxylic acids is 1. The molecule has 22 heavy (non-hydrogen) atoms. The van der Waals surface area contributed by atoms with Gasteiger partial charge in [-0.05, 0) is 36.9 Å². The van der Waals surface area contributed by atoms with E-state index in [1.165, 1.54) is 0 Å². The highest BCUT2D eigenvalue weighted by Crippen LogP contribution is 2.43. The zero-order chi connectivity index (χ0) is 15.7. The Morgan fingerprint density at radius 2 is 2.23 bits per heavy atom. The Balaban J connectivity index is 1.74. The molecular formula is C15H18ClN5O. The third-order valence-corrected chi connectivity index (χ3v) is 4.82. The topological polar surface area (TPSA) is 104 Å². The molecule has 1 aromatic rings. The van der Waals surface area contributed by atoms with E-state index in [4.69, 9.17) is 23.0 Å². The van der Waals surface area contributed by atoms with Crippen molar-refractivity contribution in [2.75, 3.05) is 13.1 Å². The fraction of sp³-hybridized carbons (Fsp3) is 0.467. The van der Waals surface area contributed by atoms with Gasteiger partial charge in [0.25, 0.3) is 0 Å². The van der Waals surface area contributed by atoms with Crippen molar-refractivity contribution >= 4 is 23.2 Å². The molecule has 0 bridgehead atoms. The molecule has 1 saturated heterocycles. The average Bonchev–Trinajstić information content (AvgIpc) is 3.11. The number of rotatable bonds is 4. The molecule has 1 saturated carbocycles. The highest BCUT2D eigenvalue weighted by Gasteiger charge is 2.47. The van der Waals surface area contributed by atoms with Crippen LogP contribution in [0.25, 0.3) is 0 Å². The minimum atomic E-state index is -0.188. The lowest BCUT2D eigenvalue weighted by molar-refractivity contribution is 0.0964. The first-order valence-corrected chi connectivity index (χ1v) is 7.73. The molecule has 2 aliphatic rings. The summed E-state index contributed by atoms with van der Waals surface area (Å²) < 4.78 is 0. The van der Waals surface area contributed by atoms with Gasteiger partial charge in [0.05, 0.1) is 0 Å². The summed E-state index contributed by atoms with van der Waals surface area (Å²) >= 11 is 6.36. The third-order valence-electron chi connectivity index (χ3n) is 4.49. The maximum Gasteiger partial charge on any atom is 0.173 e. The van der Waals surface area contributed by atoms with Crippen LogP contribution in [-0.2, 0) is 0 Å². The summed E-state index contributed by atoms with van der Waals surface area (Å²) in [4.78, 5) is 12.5. The fourth-order valence-electron chi connectivity index (χ4n) is 3.12. The van der Waals surface area contributed by atoms with Gasteiger partial charge in [0.15, 0.2) is 11.6 Å². The third kappa shape index (κ3) is 2.76. The van der Waals surface area contributed by atoms with E-state index in [0.29, 0.717) is 22.9 Å². The monoisotopic (exact) mass is 319 g/mol. The maximum absolute atomic E-state index is 12.5. The summed E-state index contributed by atoms with van der Waals surface area (Å²) in [6.07, 6.45) is 1.71. The minimum absolute atomic E-state index is 0.0211. The number of halogens is 1. The first-order valence-electron chi connectivity index (χ1n) is 7.35. The number of nitrogens with one attached hydrogen (secondary N) is 2. The predicted octanol–water partition coefficient (Wildman–Crippen LogP) is 2.54. The van der Waals surface area contributed by atoms with E-state index in [2.05, 4.69) is 15.5 Å². The lowest BCUT2D eigenvalue weighted by Crippen LogP contribution is -2.10. The number of hydrogen-bond acceptors (Lipinski definition) is 5. The van der Waals surface area contributed by atoms with Crippen LogP contribution in [0.15, 0.2) is 28.4 Å². The number of carbonyl (C=O) groups is 1. The van der Waals surface area contributed by atoms with Crippen molar-refractivity contribution in [2.45, 2.75) is 18.8 Å². The van der Waals surface area contributed by atoms with Crippen LogP contribution in [0.1, 0.15) is 34.7 Å².